The summed E-state index contributed by atoms with van der Waals surface area (Å²) in [6.45, 7) is 1.85. The van der Waals surface area contributed by atoms with E-state index in [1.54, 1.807) is 24.5 Å². The van der Waals surface area contributed by atoms with Gasteiger partial charge in [-0.05, 0) is 29.8 Å². The van der Waals surface area contributed by atoms with Crippen LogP contribution in [-0.2, 0) is 4.79 Å². The number of halogens is 1. The topological polar surface area (TPSA) is 82.4 Å². The summed E-state index contributed by atoms with van der Waals surface area (Å²) in [4.78, 5) is 24.6. The van der Waals surface area contributed by atoms with E-state index in [2.05, 4.69) is 21.0 Å². The van der Waals surface area contributed by atoms with Crippen LogP contribution >= 0.6 is 15.9 Å². The Labute approximate surface area is 140 Å². The molecule has 3 aromatic rings. The second kappa shape index (κ2) is 6.00. The molecule has 0 saturated carbocycles. The molecule has 118 valence electrons. The fraction of sp³-hybridized carbons (Fsp3) is 0.188. The molecule has 2 heterocycles. The van der Waals surface area contributed by atoms with Crippen molar-refractivity contribution in [3.63, 3.8) is 0 Å². The van der Waals surface area contributed by atoms with Gasteiger partial charge in [0.15, 0.2) is 0 Å². The fourth-order valence-corrected chi connectivity index (χ4v) is 2.94. The normalized spacial score (nSPS) is 13.8. The van der Waals surface area contributed by atoms with Gasteiger partial charge in [-0.2, -0.15) is 5.10 Å². The second-order valence-corrected chi connectivity index (χ2v) is 6.28. The molecule has 1 amide bonds. The molecule has 0 spiro atoms. The predicted octanol–water partition coefficient (Wildman–Crippen LogP) is 2.09. The monoisotopic (exact) mass is 374 g/mol. The van der Waals surface area contributed by atoms with Gasteiger partial charge < -0.3 is 5.73 Å². The van der Waals surface area contributed by atoms with E-state index in [0.29, 0.717) is 5.52 Å². The molecule has 0 radical (unpaired) electrons. The van der Waals surface area contributed by atoms with E-state index in [4.69, 9.17) is 5.73 Å². The molecule has 0 saturated heterocycles. The molecule has 0 aliphatic heterocycles. The summed E-state index contributed by atoms with van der Waals surface area (Å²) in [5.41, 5.74) is 6.75. The first kappa shape index (κ1) is 15.5. The molecule has 2 atom stereocenters. The van der Waals surface area contributed by atoms with Crippen molar-refractivity contribution < 1.29 is 4.79 Å². The fourth-order valence-electron chi connectivity index (χ4n) is 2.67. The molecule has 3 rings (SSSR count). The lowest BCUT2D eigenvalue weighted by Crippen LogP contribution is -2.40. The molecule has 0 aliphatic rings. The average molecular weight is 375 g/mol. The zero-order valence-corrected chi connectivity index (χ0v) is 14.0. The van der Waals surface area contributed by atoms with Crippen molar-refractivity contribution in [2.75, 3.05) is 0 Å². The molecule has 0 aliphatic carbocycles. The minimum absolute atomic E-state index is 0.293. The van der Waals surface area contributed by atoms with E-state index in [9.17, 15) is 9.59 Å². The van der Waals surface area contributed by atoms with Crippen molar-refractivity contribution in [3.05, 3.63) is 69.3 Å². The molecule has 0 fully saturated rings. The minimum atomic E-state index is -0.865. The van der Waals surface area contributed by atoms with Crippen LogP contribution < -0.4 is 11.4 Å². The zero-order valence-electron chi connectivity index (χ0n) is 12.4. The lowest BCUT2D eigenvalue weighted by Gasteiger charge is -2.22. The van der Waals surface area contributed by atoms with E-state index in [1.165, 1.54) is 4.40 Å². The molecule has 0 bridgehead atoms. The summed E-state index contributed by atoms with van der Waals surface area (Å²) < 4.78 is 3.53. The van der Waals surface area contributed by atoms with Crippen molar-refractivity contribution in [2.24, 2.45) is 5.73 Å². The van der Waals surface area contributed by atoms with Crippen molar-refractivity contribution in [2.45, 2.75) is 18.9 Å². The van der Waals surface area contributed by atoms with E-state index < -0.39 is 11.9 Å². The number of primary amides is 1. The van der Waals surface area contributed by atoms with Gasteiger partial charge in [0.05, 0.1) is 11.7 Å². The number of hydrogen-bond acceptors (Lipinski definition) is 3. The van der Waals surface area contributed by atoms with Crippen molar-refractivity contribution in [1.29, 1.82) is 0 Å². The number of nitrogens with two attached hydrogens (primary N) is 1. The Bertz CT molecular complexity index is 914. The van der Waals surface area contributed by atoms with E-state index in [-0.39, 0.29) is 11.6 Å². The summed E-state index contributed by atoms with van der Waals surface area (Å²) in [5.74, 6) is -0.889. The smallest absolute Gasteiger partial charge is 0.349 e. The van der Waals surface area contributed by atoms with Crippen LogP contribution in [0.25, 0.3) is 5.52 Å². The van der Waals surface area contributed by atoms with Gasteiger partial charge in [-0.1, -0.05) is 35.0 Å². The zero-order chi connectivity index (χ0) is 16.6. The number of carbonyl (C=O) groups excluding carboxylic acids is 1. The van der Waals surface area contributed by atoms with Gasteiger partial charge >= 0.3 is 5.69 Å². The largest absolute Gasteiger partial charge is 0.368 e. The maximum absolute atomic E-state index is 12.6. The van der Waals surface area contributed by atoms with Crippen LogP contribution in [-0.4, -0.2) is 20.1 Å². The Balaban J connectivity index is 2.10. The number of hydrogen-bond donors (Lipinski definition) is 1. The number of benzene rings is 1. The van der Waals surface area contributed by atoms with E-state index >= 15 is 0 Å². The van der Waals surface area contributed by atoms with Crippen LogP contribution in [0.4, 0.5) is 0 Å². The van der Waals surface area contributed by atoms with Crippen LogP contribution in [0.15, 0.2) is 58.1 Å². The maximum Gasteiger partial charge on any atom is 0.349 e. The van der Waals surface area contributed by atoms with Crippen molar-refractivity contribution >= 4 is 27.4 Å². The predicted molar refractivity (Wildman–Crippen MR) is 90.2 cm³/mol. The molecule has 7 heteroatoms. The summed E-state index contributed by atoms with van der Waals surface area (Å²) in [5, 5.41) is 4.14. The average Bonchev–Trinajstić information content (AvgIpc) is 2.99. The Morgan fingerprint density at radius 3 is 2.61 bits per heavy atom. The molecule has 2 unspecified atom stereocenters. The molecule has 6 nitrogen and oxygen atoms in total. The molecular weight excluding hydrogens is 360 g/mol. The van der Waals surface area contributed by atoms with Crippen molar-refractivity contribution in [1.82, 2.24) is 14.2 Å². The molecule has 2 N–H and O–H groups in total. The van der Waals surface area contributed by atoms with Crippen LogP contribution in [0.1, 0.15) is 24.4 Å². The van der Waals surface area contributed by atoms with Crippen LogP contribution in [0.5, 0.6) is 0 Å². The summed E-state index contributed by atoms with van der Waals surface area (Å²) in [6.07, 6.45) is 3.18. The number of amides is 1. The second-order valence-electron chi connectivity index (χ2n) is 5.36. The number of nitrogens with zero attached hydrogens (tertiary/aromatic N) is 3. The van der Waals surface area contributed by atoms with Crippen molar-refractivity contribution in [3.8, 4) is 0 Å². The van der Waals surface area contributed by atoms with E-state index in [0.717, 1.165) is 14.7 Å². The Kier molecular flexibility index (Phi) is 4.04. The van der Waals surface area contributed by atoms with Gasteiger partial charge in [0.2, 0.25) is 5.91 Å². The molecule has 2 aromatic heterocycles. The van der Waals surface area contributed by atoms with Gasteiger partial charge in [-0.25, -0.2) is 9.48 Å². The van der Waals surface area contributed by atoms with Gasteiger partial charge in [0, 0.05) is 16.6 Å². The van der Waals surface area contributed by atoms with Gasteiger partial charge in [0.25, 0.3) is 0 Å². The van der Waals surface area contributed by atoms with E-state index in [1.807, 2.05) is 31.2 Å². The number of aromatic nitrogens is 3. The van der Waals surface area contributed by atoms with Crippen LogP contribution in [0, 0.1) is 0 Å². The molecule has 23 heavy (non-hydrogen) atoms. The summed E-state index contributed by atoms with van der Waals surface area (Å²) in [6, 6.07) is 10.2. The quantitative estimate of drug-likeness (QED) is 0.758. The first-order valence-electron chi connectivity index (χ1n) is 7.08. The number of rotatable bonds is 4. The third-order valence-electron chi connectivity index (χ3n) is 3.92. The third kappa shape index (κ3) is 2.79. The standard InChI is InChI=1S/C16H15BrN4O2/c1-10(11-4-6-12(17)7-5-11)14(15(18)22)21-16(23)20-8-2-3-13(20)9-19-21/h2-10,14H,1H3,(H2,18,22). The number of carbonyl (C=O) groups is 1. The van der Waals surface area contributed by atoms with Gasteiger partial charge in [-0.3, -0.25) is 9.20 Å². The minimum Gasteiger partial charge on any atom is -0.368 e. The van der Waals surface area contributed by atoms with Crippen LogP contribution in [0.3, 0.4) is 0 Å². The van der Waals surface area contributed by atoms with Gasteiger partial charge in [-0.15, -0.1) is 0 Å². The Morgan fingerprint density at radius 2 is 1.96 bits per heavy atom. The number of fused-ring (bicyclic) bond motifs is 1. The van der Waals surface area contributed by atoms with Crippen LogP contribution in [0.2, 0.25) is 0 Å². The Hall–Kier alpha value is -2.41. The molecule has 1 aromatic carbocycles. The first-order valence-corrected chi connectivity index (χ1v) is 7.88. The summed E-state index contributed by atoms with van der Waals surface area (Å²) >= 11 is 3.38. The summed E-state index contributed by atoms with van der Waals surface area (Å²) in [7, 11) is 0. The highest BCUT2D eigenvalue weighted by Gasteiger charge is 2.28. The molecular formula is C16H15BrN4O2. The SMILES string of the molecule is CC(c1ccc(Br)cc1)C(C(N)=O)n1ncc2cccn2c1=O. The maximum atomic E-state index is 12.6. The highest BCUT2D eigenvalue weighted by molar-refractivity contribution is 9.10. The van der Waals surface area contributed by atoms with Gasteiger partial charge in [0.1, 0.15) is 6.04 Å². The third-order valence-corrected chi connectivity index (χ3v) is 4.45. The lowest BCUT2D eigenvalue weighted by molar-refractivity contribution is -0.122. The lowest BCUT2D eigenvalue weighted by atomic mass is 9.93. The highest BCUT2D eigenvalue weighted by Crippen LogP contribution is 2.27. The first-order chi connectivity index (χ1) is 11.0. The highest BCUT2D eigenvalue weighted by atomic mass is 79.9. The Morgan fingerprint density at radius 1 is 1.26 bits per heavy atom.